The van der Waals surface area contributed by atoms with Crippen LogP contribution in [0.5, 0.6) is 0 Å². The Morgan fingerprint density at radius 2 is 2.07 bits per heavy atom. The average molecular weight is 394 g/mol. The number of benzene rings is 1. The Morgan fingerprint density at radius 1 is 1.33 bits per heavy atom. The summed E-state index contributed by atoms with van der Waals surface area (Å²) in [6.07, 6.45) is 2.79. The number of rotatable bonds is 6. The van der Waals surface area contributed by atoms with Crippen LogP contribution in [0.3, 0.4) is 0 Å². The predicted molar refractivity (Wildman–Crippen MR) is 102 cm³/mol. The minimum atomic E-state index is -0.700. The first kappa shape index (κ1) is 20.7. The Hall–Kier alpha value is -2.61. The van der Waals surface area contributed by atoms with Gasteiger partial charge in [0.2, 0.25) is 5.91 Å². The summed E-state index contributed by atoms with van der Waals surface area (Å²) < 4.78 is 6.79. The molecule has 1 aromatic heterocycles. The van der Waals surface area contributed by atoms with Gasteiger partial charge in [0.15, 0.2) is 0 Å². The summed E-state index contributed by atoms with van der Waals surface area (Å²) in [5.41, 5.74) is 0.894. The number of aromatic nitrogens is 3. The van der Waals surface area contributed by atoms with Crippen molar-refractivity contribution in [2.24, 2.45) is 0 Å². The Kier molecular flexibility index (Phi) is 6.79. The lowest BCUT2D eigenvalue weighted by Crippen LogP contribution is -2.47. The van der Waals surface area contributed by atoms with E-state index in [4.69, 9.17) is 16.3 Å². The zero-order chi connectivity index (χ0) is 20.0. The lowest BCUT2D eigenvalue weighted by Gasteiger charge is -2.23. The highest BCUT2D eigenvalue weighted by Crippen LogP contribution is 2.19. The van der Waals surface area contributed by atoms with Gasteiger partial charge in [0.05, 0.1) is 5.69 Å². The molecule has 0 bridgehead atoms. The number of alkyl carbamates (subject to hydrolysis) is 1. The van der Waals surface area contributed by atoms with Crippen LogP contribution in [0, 0.1) is 0 Å². The van der Waals surface area contributed by atoms with Crippen LogP contribution >= 0.6 is 11.6 Å². The molecule has 0 unspecified atom stereocenters. The van der Waals surface area contributed by atoms with Crippen LogP contribution in [-0.4, -0.2) is 38.4 Å². The van der Waals surface area contributed by atoms with Crippen molar-refractivity contribution in [2.75, 3.05) is 0 Å². The smallest absolute Gasteiger partial charge is 0.408 e. The second kappa shape index (κ2) is 8.85. The van der Waals surface area contributed by atoms with Crippen LogP contribution in [0.1, 0.15) is 39.7 Å². The monoisotopic (exact) mass is 393 g/mol. The van der Waals surface area contributed by atoms with Gasteiger partial charge in [-0.1, -0.05) is 18.5 Å². The van der Waals surface area contributed by atoms with E-state index in [2.05, 4.69) is 20.7 Å². The van der Waals surface area contributed by atoms with Crippen molar-refractivity contribution in [1.29, 1.82) is 0 Å². The molecule has 146 valence electrons. The highest BCUT2D eigenvalue weighted by molar-refractivity contribution is 6.30. The van der Waals surface area contributed by atoms with Gasteiger partial charge < -0.3 is 15.4 Å². The van der Waals surface area contributed by atoms with Crippen molar-refractivity contribution >= 4 is 23.6 Å². The quantitative estimate of drug-likeness (QED) is 0.786. The van der Waals surface area contributed by atoms with Gasteiger partial charge in [0.25, 0.3) is 0 Å². The van der Waals surface area contributed by atoms with Crippen molar-refractivity contribution in [3.63, 3.8) is 0 Å². The summed E-state index contributed by atoms with van der Waals surface area (Å²) in [5, 5.41) is 10.1. The second-order valence-electron chi connectivity index (χ2n) is 6.94. The van der Waals surface area contributed by atoms with Crippen LogP contribution in [0.15, 0.2) is 30.9 Å². The van der Waals surface area contributed by atoms with Gasteiger partial charge in [0, 0.05) is 11.6 Å². The first-order chi connectivity index (χ1) is 12.7. The van der Waals surface area contributed by atoms with Gasteiger partial charge in [-0.15, -0.1) is 0 Å². The fourth-order valence-corrected chi connectivity index (χ4v) is 2.55. The number of amides is 2. The number of hydrogen-bond donors (Lipinski definition) is 2. The molecular formula is C18H24ClN5O3. The standard InChI is InChI=1S/C18H24ClN5O3/c1-5-14(23-17(26)27-18(2,3)4)16(25)21-9-12-8-13(19)6-7-15(12)24-11-20-10-22-24/h6-8,10-11,14H,5,9H2,1-4H3,(H,21,25)(H,23,26)/t14-/m0/s1. The molecule has 27 heavy (non-hydrogen) atoms. The lowest BCUT2D eigenvalue weighted by atomic mass is 10.1. The van der Waals surface area contributed by atoms with Crippen molar-refractivity contribution in [2.45, 2.75) is 52.3 Å². The van der Waals surface area contributed by atoms with Gasteiger partial charge in [-0.25, -0.2) is 14.5 Å². The maximum absolute atomic E-state index is 12.5. The van der Waals surface area contributed by atoms with E-state index in [1.165, 1.54) is 6.33 Å². The number of nitrogens with zero attached hydrogens (tertiary/aromatic N) is 3. The molecule has 0 aliphatic rings. The predicted octanol–water partition coefficient (Wildman–Crippen LogP) is 2.84. The van der Waals surface area contributed by atoms with Gasteiger partial charge in [-0.3, -0.25) is 4.79 Å². The molecule has 1 heterocycles. The third-order valence-electron chi connectivity index (χ3n) is 3.58. The molecule has 2 amide bonds. The molecule has 0 aliphatic heterocycles. The van der Waals surface area contributed by atoms with Gasteiger partial charge in [0.1, 0.15) is 24.3 Å². The third kappa shape index (κ3) is 6.25. The number of hydrogen-bond acceptors (Lipinski definition) is 5. The molecule has 0 saturated heterocycles. The zero-order valence-corrected chi connectivity index (χ0v) is 16.6. The normalized spacial score (nSPS) is 12.3. The molecule has 2 rings (SSSR count). The van der Waals surface area contributed by atoms with E-state index in [1.54, 1.807) is 50.0 Å². The first-order valence-corrected chi connectivity index (χ1v) is 8.98. The number of carbonyl (C=O) groups excluding carboxylic acids is 2. The summed E-state index contributed by atoms with van der Waals surface area (Å²) in [5.74, 6) is -0.312. The molecule has 0 spiro atoms. The maximum Gasteiger partial charge on any atom is 0.408 e. The molecule has 0 radical (unpaired) electrons. The lowest BCUT2D eigenvalue weighted by molar-refractivity contribution is -0.123. The summed E-state index contributed by atoms with van der Waals surface area (Å²) >= 11 is 6.08. The summed E-state index contributed by atoms with van der Waals surface area (Å²) in [7, 11) is 0. The van der Waals surface area contributed by atoms with Crippen molar-refractivity contribution in [3.8, 4) is 5.69 Å². The second-order valence-corrected chi connectivity index (χ2v) is 7.37. The van der Waals surface area contributed by atoms with E-state index in [9.17, 15) is 9.59 Å². The Morgan fingerprint density at radius 3 is 2.67 bits per heavy atom. The molecule has 0 fully saturated rings. The van der Waals surface area contributed by atoms with Crippen LogP contribution in [0.25, 0.3) is 5.69 Å². The van der Waals surface area contributed by atoms with Crippen LogP contribution in [0.4, 0.5) is 4.79 Å². The molecular weight excluding hydrogens is 370 g/mol. The first-order valence-electron chi connectivity index (χ1n) is 8.60. The molecule has 2 N–H and O–H groups in total. The van der Waals surface area contributed by atoms with Crippen molar-refractivity contribution in [3.05, 3.63) is 41.4 Å². The fourth-order valence-electron chi connectivity index (χ4n) is 2.36. The summed E-state index contributed by atoms with van der Waals surface area (Å²) in [6, 6.07) is 4.59. The summed E-state index contributed by atoms with van der Waals surface area (Å²) in [4.78, 5) is 28.3. The van der Waals surface area contributed by atoms with Gasteiger partial charge in [-0.2, -0.15) is 5.10 Å². The average Bonchev–Trinajstić information content (AvgIpc) is 3.10. The molecule has 1 aromatic carbocycles. The largest absolute Gasteiger partial charge is 0.444 e. The highest BCUT2D eigenvalue weighted by atomic mass is 35.5. The zero-order valence-electron chi connectivity index (χ0n) is 15.8. The summed E-state index contributed by atoms with van der Waals surface area (Å²) in [6.45, 7) is 7.32. The SMILES string of the molecule is CC[C@H](NC(=O)OC(C)(C)C)C(=O)NCc1cc(Cl)ccc1-n1cncn1. The Bertz CT molecular complexity index is 787. The number of carbonyl (C=O) groups is 2. The van der Waals surface area contributed by atoms with E-state index < -0.39 is 17.7 Å². The van der Waals surface area contributed by atoms with Crippen molar-refractivity contribution < 1.29 is 14.3 Å². The van der Waals surface area contributed by atoms with E-state index in [0.29, 0.717) is 11.4 Å². The molecule has 9 heteroatoms. The topological polar surface area (TPSA) is 98.1 Å². The van der Waals surface area contributed by atoms with E-state index in [-0.39, 0.29) is 12.5 Å². The Balaban J connectivity index is 2.04. The van der Waals surface area contributed by atoms with Crippen molar-refractivity contribution in [1.82, 2.24) is 25.4 Å². The van der Waals surface area contributed by atoms with Gasteiger partial charge in [-0.05, 0) is 51.0 Å². The Labute approximate surface area is 163 Å². The van der Waals surface area contributed by atoms with E-state index >= 15 is 0 Å². The minimum Gasteiger partial charge on any atom is -0.444 e. The molecule has 2 aromatic rings. The fraction of sp³-hybridized carbons (Fsp3) is 0.444. The maximum atomic E-state index is 12.5. The molecule has 1 atom stereocenters. The van der Waals surface area contributed by atoms with Gasteiger partial charge >= 0.3 is 6.09 Å². The number of nitrogens with one attached hydrogen (secondary N) is 2. The molecule has 0 aliphatic carbocycles. The van der Waals surface area contributed by atoms with E-state index in [0.717, 1.165) is 11.3 Å². The van der Waals surface area contributed by atoms with E-state index in [1.807, 2.05) is 6.92 Å². The third-order valence-corrected chi connectivity index (χ3v) is 3.81. The van der Waals surface area contributed by atoms with Crippen LogP contribution in [-0.2, 0) is 16.1 Å². The highest BCUT2D eigenvalue weighted by Gasteiger charge is 2.23. The number of ether oxygens (including phenoxy) is 1. The number of halogens is 1. The minimum absolute atomic E-state index is 0.223. The van der Waals surface area contributed by atoms with Crippen LogP contribution < -0.4 is 10.6 Å². The van der Waals surface area contributed by atoms with Crippen LogP contribution in [0.2, 0.25) is 5.02 Å². The molecule has 0 saturated carbocycles. The molecule has 8 nitrogen and oxygen atoms in total.